The van der Waals surface area contributed by atoms with Gasteiger partial charge in [0.2, 0.25) is 0 Å². The van der Waals surface area contributed by atoms with E-state index in [0.29, 0.717) is 0 Å². The summed E-state index contributed by atoms with van der Waals surface area (Å²) in [6.07, 6.45) is 4.13. The second kappa shape index (κ2) is 8.49. The molecule has 0 saturated carbocycles. The summed E-state index contributed by atoms with van der Waals surface area (Å²) in [5.74, 6) is 0. The van der Waals surface area contributed by atoms with Gasteiger partial charge in [0.25, 0.3) is 0 Å². The van der Waals surface area contributed by atoms with Crippen molar-refractivity contribution in [2.75, 3.05) is 19.8 Å². The molecule has 0 rings (SSSR count). The van der Waals surface area contributed by atoms with Crippen LogP contribution in [0.2, 0.25) is 0 Å². The maximum absolute atomic E-state index is 3.35. The smallest absolute Gasteiger partial charge is 0.00488 e. The van der Waals surface area contributed by atoms with Crippen LogP contribution in [0, 0.1) is 0 Å². The lowest BCUT2D eigenvalue weighted by Crippen LogP contribution is -2.15. The fourth-order valence-electron chi connectivity index (χ4n) is 1.20. The Morgan fingerprint density at radius 1 is 1.36 bits per heavy atom. The van der Waals surface area contributed by atoms with E-state index in [9.17, 15) is 0 Å². The van der Waals surface area contributed by atoms with Crippen LogP contribution in [0.15, 0.2) is 0 Å². The minimum absolute atomic E-state index is 0.994. The molecular formula is C9H22NP. The molecule has 0 amide bonds. The zero-order valence-corrected chi connectivity index (χ0v) is 9.11. The van der Waals surface area contributed by atoms with Crippen LogP contribution in [-0.2, 0) is 0 Å². The van der Waals surface area contributed by atoms with Gasteiger partial charge in [0.15, 0.2) is 0 Å². The Kier molecular flexibility index (Phi) is 8.79. The third kappa shape index (κ3) is 6.77. The van der Waals surface area contributed by atoms with E-state index in [-0.39, 0.29) is 0 Å². The summed E-state index contributed by atoms with van der Waals surface area (Å²) in [6.45, 7) is 9.11. The molecule has 1 N–H and O–H groups in total. The average molecular weight is 175 g/mol. The Balaban J connectivity index is 3.07. The lowest BCUT2D eigenvalue weighted by molar-refractivity contribution is 0.618. The first kappa shape index (κ1) is 11.4. The summed E-state index contributed by atoms with van der Waals surface area (Å²) in [4.78, 5) is 0. The first-order chi connectivity index (χ1) is 5.35. The summed E-state index contributed by atoms with van der Waals surface area (Å²) < 4.78 is 0. The molecule has 2 atom stereocenters. The minimum Gasteiger partial charge on any atom is -0.317 e. The summed E-state index contributed by atoms with van der Waals surface area (Å²) in [7, 11) is 1.13. The van der Waals surface area contributed by atoms with Crippen LogP contribution in [0.25, 0.3) is 0 Å². The van der Waals surface area contributed by atoms with E-state index in [4.69, 9.17) is 0 Å². The van der Waals surface area contributed by atoms with E-state index >= 15 is 0 Å². The highest BCUT2D eigenvalue weighted by molar-refractivity contribution is 7.37. The quantitative estimate of drug-likeness (QED) is 0.463. The molecule has 0 aliphatic carbocycles. The molecule has 0 aromatic carbocycles. The lowest BCUT2D eigenvalue weighted by Gasteiger charge is -2.11. The number of rotatable bonds is 7. The van der Waals surface area contributed by atoms with E-state index < -0.39 is 0 Å². The molecule has 0 fully saturated rings. The van der Waals surface area contributed by atoms with Gasteiger partial charge in [-0.3, -0.25) is 0 Å². The SMILES string of the molecule is CCNCCCC(CC)PC. The number of nitrogens with one attached hydrogen (secondary N) is 1. The summed E-state index contributed by atoms with van der Waals surface area (Å²) >= 11 is 0. The maximum Gasteiger partial charge on any atom is -0.00488 e. The number of hydrogen-bond donors (Lipinski definition) is 1. The van der Waals surface area contributed by atoms with Crippen molar-refractivity contribution >= 4 is 8.58 Å². The topological polar surface area (TPSA) is 12.0 Å². The molecule has 2 unspecified atom stereocenters. The minimum atomic E-state index is 0.994. The van der Waals surface area contributed by atoms with Gasteiger partial charge in [-0.2, -0.15) is 0 Å². The maximum atomic E-state index is 3.35. The van der Waals surface area contributed by atoms with Gasteiger partial charge in [0.05, 0.1) is 0 Å². The predicted octanol–water partition coefficient (Wildman–Crippen LogP) is 2.46. The van der Waals surface area contributed by atoms with E-state index in [2.05, 4.69) is 25.8 Å². The van der Waals surface area contributed by atoms with Crippen LogP contribution in [0.1, 0.15) is 33.1 Å². The fourth-order valence-corrected chi connectivity index (χ4v) is 2.10. The van der Waals surface area contributed by atoms with Crippen molar-refractivity contribution in [3.63, 3.8) is 0 Å². The molecule has 0 saturated heterocycles. The van der Waals surface area contributed by atoms with Crippen molar-refractivity contribution < 1.29 is 0 Å². The van der Waals surface area contributed by atoms with E-state index in [1.165, 1.54) is 25.8 Å². The summed E-state index contributed by atoms with van der Waals surface area (Å²) in [5, 5.41) is 3.35. The normalized spacial score (nSPS) is 14.5. The molecule has 0 spiro atoms. The van der Waals surface area contributed by atoms with Crippen LogP contribution in [0.4, 0.5) is 0 Å². The Hall–Kier alpha value is 0.390. The van der Waals surface area contributed by atoms with Crippen molar-refractivity contribution in [3.8, 4) is 0 Å². The van der Waals surface area contributed by atoms with Gasteiger partial charge in [-0.25, -0.2) is 0 Å². The predicted molar refractivity (Wildman–Crippen MR) is 56.1 cm³/mol. The third-order valence-corrected chi connectivity index (χ3v) is 3.57. The first-order valence-electron chi connectivity index (χ1n) is 4.73. The highest BCUT2D eigenvalue weighted by Crippen LogP contribution is 2.21. The molecule has 0 aromatic heterocycles. The second-order valence-corrected chi connectivity index (χ2v) is 4.28. The Bertz CT molecular complexity index is 72.0. The standard InChI is InChI=1S/C9H22NP/c1-4-9(11-3)7-6-8-10-5-2/h9-11H,4-8H2,1-3H3. The molecule has 0 aromatic rings. The summed E-state index contributed by atoms with van der Waals surface area (Å²) in [6, 6.07) is 0. The van der Waals surface area contributed by atoms with Gasteiger partial charge < -0.3 is 5.32 Å². The second-order valence-electron chi connectivity index (χ2n) is 2.89. The fraction of sp³-hybridized carbons (Fsp3) is 1.00. The van der Waals surface area contributed by atoms with Crippen LogP contribution in [0.5, 0.6) is 0 Å². The van der Waals surface area contributed by atoms with E-state index in [0.717, 1.165) is 20.8 Å². The van der Waals surface area contributed by atoms with Crippen molar-refractivity contribution in [2.45, 2.75) is 38.8 Å². The van der Waals surface area contributed by atoms with Crippen LogP contribution in [-0.4, -0.2) is 25.4 Å². The molecular weight excluding hydrogens is 153 g/mol. The molecule has 0 bridgehead atoms. The molecule has 0 radical (unpaired) electrons. The molecule has 2 heteroatoms. The largest absolute Gasteiger partial charge is 0.317 e. The Labute approximate surface area is 73.1 Å². The highest BCUT2D eigenvalue weighted by Gasteiger charge is 2.01. The van der Waals surface area contributed by atoms with Crippen LogP contribution >= 0.6 is 8.58 Å². The van der Waals surface area contributed by atoms with Gasteiger partial charge in [0.1, 0.15) is 0 Å². The van der Waals surface area contributed by atoms with Crippen LogP contribution in [0.3, 0.4) is 0 Å². The zero-order valence-electron chi connectivity index (χ0n) is 8.11. The van der Waals surface area contributed by atoms with Gasteiger partial charge in [-0.15, -0.1) is 8.58 Å². The molecule has 11 heavy (non-hydrogen) atoms. The van der Waals surface area contributed by atoms with Gasteiger partial charge in [-0.05, 0) is 44.7 Å². The van der Waals surface area contributed by atoms with E-state index in [1.54, 1.807) is 0 Å². The molecule has 0 aliphatic heterocycles. The van der Waals surface area contributed by atoms with E-state index in [1.807, 2.05) is 0 Å². The number of hydrogen-bond acceptors (Lipinski definition) is 1. The molecule has 1 nitrogen and oxygen atoms in total. The summed E-state index contributed by atoms with van der Waals surface area (Å²) in [5.41, 5.74) is 0.994. The van der Waals surface area contributed by atoms with Gasteiger partial charge in [-0.1, -0.05) is 13.8 Å². The molecule has 0 heterocycles. The lowest BCUT2D eigenvalue weighted by atomic mass is 10.2. The third-order valence-electron chi connectivity index (χ3n) is 2.06. The van der Waals surface area contributed by atoms with Crippen LogP contribution < -0.4 is 5.32 Å². The monoisotopic (exact) mass is 175 g/mol. The van der Waals surface area contributed by atoms with Gasteiger partial charge in [0, 0.05) is 0 Å². The molecule has 0 aliphatic rings. The Morgan fingerprint density at radius 3 is 2.55 bits per heavy atom. The Morgan fingerprint density at radius 2 is 2.09 bits per heavy atom. The highest BCUT2D eigenvalue weighted by atomic mass is 31.1. The van der Waals surface area contributed by atoms with Crippen molar-refractivity contribution in [2.24, 2.45) is 0 Å². The van der Waals surface area contributed by atoms with Crippen molar-refractivity contribution in [1.82, 2.24) is 5.32 Å². The first-order valence-corrected chi connectivity index (χ1v) is 6.30. The molecule has 68 valence electrons. The van der Waals surface area contributed by atoms with Crippen molar-refractivity contribution in [3.05, 3.63) is 0 Å². The van der Waals surface area contributed by atoms with Gasteiger partial charge >= 0.3 is 0 Å². The van der Waals surface area contributed by atoms with Crippen molar-refractivity contribution in [1.29, 1.82) is 0 Å². The zero-order chi connectivity index (χ0) is 8.53. The average Bonchev–Trinajstić information content (AvgIpc) is 2.05.